The molecule has 0 saturated carbocycles. The van der Waals surface area contributed by atoms with Crippen LogP contribution < -0.4 is 11.5 Å². The molecule has 1 aromatic rings. The molecule has 0 aromatic carbocycles. The summed E-state index contributed by atoms with van der Waals surface area (Å²) < 4.78 is 0.966. The zero-order valence-electron chi connectivity index (χ0n) is 7.41. The van der Waals surface area contributed by atoms with Crippen molar-refractivity contribution in [3.05, 3.63) is 28.5 Å². The molecule has 0 spiro atoms. The van der Waals surface area contributed by atoms with Gasteiger partial charge in [0.2, 0.25) is 0 Å². The Morgan fingerprint density at radius 3 is 2.85 bits per heavy atom. The van der Waals surface area contributed by atoms with E-state index in [1.165, 1.54) is 0 Å². The second-order valence-electron chi connectivity index (χ2n) is 2.97. The van der Waals surface area contributed by atoms with Crippen LogP contribution in [0.1, 0.15) is 24.4 Å². The van der Waals surface area contributed by atoms with Crippen molar-refractivity contribution >= 4 is 15.9 Å². The smallest absolute Gasteiger partial charge is 0.0410 e. The van der Waals surface area contributed by atoms with Gasteiger partial charge < -0.3 is 11.5 Å². The van der Waals surface area contributed by atoms with Crippen molar-refractivity contribution in [1.29, 1.82) is 0 Å². The van der Waals surface area contributed by atoms with Crippen LogP contribution in [0.5, 0.6) is 0 Å². The van der Waals surface area contributed by atoms with Crippen LogP contribution >= 0.6 is 15.9 Å². The first kappa shape index (κ1) is 10.6. The van der Waals surface area contributed by atoms with Crippen molar-refractivity contribution in [2.75, 3.05) is 6.54 Å². The van der Waals surface area contributed by atoms with E-state index in [4.69, 9.17) is 11.5 Å². The summed E-state index contributed by atoms with van der Waals surface area (Å²) in [5.41, 5.74) is 12.4. The third kappa shape index (κ3) is 3.42. The first-order valence-corrected chi connectivity index (χ1v) is 5.09. The van der Waals surface area contributed by atoms with Crippen molar-refractivity contribution in [3.8, 4) is 0 Å². The summed E-state index contributed by atoms with van der Waals surface area (Å²) >= 11 is 3.36. The standard InChI is InChI=1S/C9H14BrN3/c10-8-4-7(5-13-6-8)9(12)2-1-3-11/h4-6,9H,1-3,11-12H2/t9-/m1/s1. The molecule has 1 heterocycles. The highest BCUT2D eigenvalue weighted by atomic mass is 79.9. The third-order valence-electron chi connectivity index (χ3n) is 1.87. The number of pyridine rings is 1. The Morgan fingerprint density at radius 2 is 2.23 bits per heavy atom. The second kappa shape index (κ2) is 5.32. The molecule has 0 saturated heterocycles. The number of halogens is 1. The number of hydrogen-bond acceptors (Lipinski definition) is 3. The second-order valence-corrected chi connectivity index (χ2v) is 3.89. The van der Waals surface area contributed by atoms with Gasteiger partial charge in [-0.25, -0.2) is 0 Å². The van der Waals surface area contributed by atoms with Gasteiger partial charge in [-0.1, -0.05) is 0 Å². The van der Waals surface area contributed by atoms with Gasteiger partial charge in [-0.05, 0) is 46.9 Å². The summed E-state index contributed by atoms with van der Waals surface area (Å²) in [6, 6.07) is 2.04. The maximum Gasteiger partial charge on any atom is 0.0410 e. The minimum Gasteiger partial charge on any atom is -0.330 e. The van der Waals surface area contributed by atoms with Crippen LogP contribution in [0.25, 0.3) is 0 Å². The van der Waals surface area contributed by atoms with Crippen LogP contribution in [0, 0.1) is 0 Å². The van der Waals surface area contributed by atoms with Gasteiger partial charge in [-0.3, -0.25) is 4.98 Å². The molecule has 0 bridgehead atoms. The summed E-state index contributed by atoms with van der Waals surface area (Å²) in [6.07, 6.45) is 5.41. The summed E-state index contributed by atoms with van der Waals surface area (Å²) in [4.78, 5) is 4.06. The zero-order chi connectivity index (χ0) is 9.68. The van der Waals surface area contributed by atoms with Crippen LogP contribution in [0.3, 0.4) is 0 Å². The molecule has 13 heavy (non-hydrogen) atoms. The van der Waals surface area contributed by atoms with Crippen molar-refractivity contribution in [2.24, 2.45) is 11.5 Å². The summed E-state index contributed by atoms with van der Waals surface area (Å²) in [5.74, 6) is 0. The molecule has 1 rings (SSSR count). The zero-order valence-corrected chi connectivity index (χ0v) is 9.00. The van der Waals surface area contributed by atoms with Crippen molar-refractivity contribution in [3.63, 3.8) is 0 Å². The fourth-order valence-corrected chi connectivity index (χ4v) is 1.52. The lowest BCUT2D eigenvalue weighted by Crippen LogP contribution is -2.12. The maximum absolute atomic E-state index is 5.93. The third-order valence-corrected chi connectivity index (χ3v) is 2.31. The van der Waals surface area contributed by atoms with E-state index in [-0.39, 0.29) is 6.04 Å². The predicted molar refractivity (Wildman–Crippen MR) is 57.2 cm³/mol. The molecule has 0 unspecified atom stereocenters. The maximum atomic E-state index is 5.93. The summed E-state index contributed by atoms with van der Waals surface area (Å²) in [5, 5.41) is 0. The molecule has 3 nitrogen and oxygen atoms in total. The van der Waals surface area contributed by atoms with Gasteiger partial charge in [0.25, 0.3) is 0 Å². The Balaban J connectivity index is 2.60. The van der Waals surface area contributed by atoms with Gasteiger partial charge in [0, 0.05) is 22.9 Å². The monoisotopic (exact) mass is 243 g/mol. The molecule has 72 valence electrons. The highest BCUT2D eigenvalue weighted by molar-refractivity contribution is 9.10. The Labute approximate surface area is 86.7 Å². The van der Waals surface area contributed by atoms with E-state index in [9.17, 15) is 0 Å². The van der Waals surface area contributed by atoms with Crippen LogP contribution in [-0.2, 0) is 0 Å². The van der Waals surface area contributed by atoms with Crippen molar-refractivity contribution in [1.82, 2.24) is 4.98 Å². The molecule has 0 aliphatic rings. The quantitative estimate of drug-likeness (QED) is 0.845. The van der Waals surface area contributed by atoms with Crippen LogP contribution in [-0.4, -0.2) is 11.5 Å². The molecular formula is C9H14BrN3. The Kier molecular flexibility index (Phi) is 4.35. The molecule has 0 amide bonds. The first-order valence-electron chi connectivity index (χ1n) is 4.30. The fraction of sp³-hybridized carbons (Fsp3) is 0.444. The lowest BCUT2D eigenvalue weighted by molar-refractivity contribution is 0.616. The van der Waals surface area contributed by atoms with Crippen LogP contribution in [0.4, 0.5) is 0 Å². The average Bonchev–Trinajstić information content (AvgIpc) is 2.14. The molecule has 0 radical (unpaired) electrons. The topological polar surface area (TPSA) is 64.9 Å². The number of nitrogens with two attached hydrogens (primary N) is 2. The van der Waals surface area contributed by atoms with E-state index in [1.807, 2.05) is 6.07 Å². The predicted octanol–water partition coefficient (Wildman–Crippen LogP) is 1.58. The van der Waals surface area contributed by atoms with Gasteiger partial charge in [-0.15, -0.1) is 0 Å². The van der Waals surface area contributed by atoms with Gasteiger partial charge in [0.05, 0.1) is 0 Å². The minimum atomic E-state index is 0.0496. The lowest BCUT2D eigenvalue weighted by Gasteiger charge is -2.10. The molecule has 4 N–H and O–H groups in total. The Morgan fingerprint density at radius 1 is 1.46 bits per heavy atom. The van der Waals surface area contributed by atoms with E-state index >= 15 is 0 Å². The van der Waals surface area contributed by atoms with Gasteiger partial charge in [-0.2, -0.15) is 0 Å². The van der Waals surface area contributed by atoms with E-state index in [0.29, 0.717) is 6.54 Å². The van der Waals surface area contributed by atoms with Crippen LogP contribution in [0.2, 0.25) is 0 Å². The minimum absolute atomic E-state index is 0.0496. The molecule has 4 heteroatoms. The first-order chi connectivity index (χ1) is 6.24. The highest BCUT2D eigenvalue weighted by Crippen LogP contribution is 2.17. The largest absolute Gasteiger partial charge is 0.330 e. The van der Waals surface area contributed by atoms with Gasteiger partial charge >= 0.3 is 0 Å². The lowest BCUT2D eigenvalue weighted by atomic mass is 10.1. The average molecular weight is 244 g/mol. The number of nitrogens with zero attached hydrogens (tertiary/aromatic N) is 1. The van der Waals surface area contributed by atoms with E-state index < -0.39 is 0 Å². The fourth-order valence-electron chi connectivity index (χ4n) is 1.14. The van der Waals surface area contributed by atoms with Crippen molar-refractivity contribution < 1.29 is 0 Å². The summed E-state index contributed by atoms with van der Waals surface area (Å²) in [6.45, 7) is 0.690. The molecular weight excluding hydrogens is 230 g/mol. The van der Waals surface area contributed by atoms with E-state index in [2.05, 4.69) is 20.9 Å². The normalized spacial score (nSPS) is 12.8. The number of hydrogen-bond donors (Lipinski definition) is 2. The summed E-state index contributed by atoms with van der Waals surface area (Å²) in [7, 11) is 0. The molecule has 0 aliphatic heterocycles. The Bertz CT molecular complexity index is 265. The molecule has 0 fully saturated rings. The number of rotatable bonds is 4. The van der Waals surface area contributed by atoms with Crippen LogP contribution in [0.15, 0.2) is 22.9 Å². The SMILES string of the molecule is NCCC[C@@H](N)c1cncc(Br)c1. The Hall–Kier alpha value is -0.450. The van der Waals surface area contributed by atoms with Gasteiger partial charge in [0.15, 0.2) is 0 Å². The van der Waals surface area contributed by atoms with Gasteiger partial charge in [0.1, 0.15) is 0 Å². The molecule has 1 aromatic heterocycles. The van der Waals surface area contributed by atoms with E-state index in [0.717, 1.165) is 22.9 Å². The highest BCUT2D eigenvalue weighted by Gasteiger charge is 2.05. The number of aromatic nitrogens is 1. The van der Waals surface area contributed by atoms with Crippen molar-refractivity contribution in [2.45, 2.75) is 18.9 Å². The molecule has 1 atom stereocenters. The van der Waals surface area contributed by atoms with E-state index in [1.54, 1.807) is 12.4 Å². The molecule has 0 aliphatic carbocycles.